The third-order valence-corrected chi connectivity index (χ3v) is 9.77. The molecule has 0 amide bonds. The van der Waals surface area contributed by atoms with Crippen molar-refractivity contribution >= 4 is 43.6 Å². The number of nitrogens with zero attached hydrogens (tertiary/aromatic N) is 7. The van der Waals surface area contributed by atoms with Gasteiger partial charge in [-0.15, -0.1) is 0 Å². The Kier molecular flexibility index (Phi) is 6.73. The summed E-state index contributed by atoms with van der Waals surface area (Å²) < 4.78 is 4.29. The summed E-state index contributed by atoms with van der Waals surface area (Å²) in [5, 5.41) is 15.4. The molecule has 7 heteroatoms. The summed E-state index contributed by atoms with van der Waals surface area (Å²) >= 11 is 0. The first kappa shape index (κ1) is 29.5. The maximum Gasteiger partial charge on any atom is 0.160 e. The standard InChI is InChI=1S/C45H27N7/c46-26-36-41(51-39-17-9-7-15-32(39)34-19-21-47-27-43(34)51)23-31(24-42(36)52-40-18-10-8-16-33(40)35-20-22-48-28-44(35)52)45-49-37(29-11-3-1-4-12-29)25-38(50-45)30-13-5-2-6-14-30/h1-25,27-28H. The number of hydrogen-bond donors (Lipinski definition) is 0. The number of nitriles is 1. The molecule has 5 aromatic heterocycles. The highest BCUT2D eigenvalue weighted by molar-refractivity contribution is 6.11. The first-order valence-electron chi connectivity index (χ1n) is 17.0. The lowest BCUT2D eigenvalue weighted by molar-refractivity contribution is 1.10. The predicted molar refractivity (Wildman–Crippen MR) is 207 cm³/mol. The Morgan fingerprint density at radius 2 is 0.885 bits per heavy atom. The van der Waals surface area contributed by atoms with Gasteiger partial charge in [0.1, 0.15) is 11.6 Å². The van der Waals surface area contributed by atoms with Crippen molar-refractivity contribution in [1.29, 1.82) is 5.26 Å². The van der Waals surface area contributed by atoms with E-state index in [2.05, 4.69) is 73.7 Å². The second-order valence-electron chi connectivity index (χ2n) is 12.7. The van der Waals surface area contributed by atoms with Gasteiger partial charge in [-0.25, -0.2) is 9.97 Å². The molecule has 0 atom stereocenters. The molecular weight excluding hydrogens is 639 g/mol. The van der Waals surface area contributed by atoms with Crippen molar-refractivity contribution in [2.75, 3.05) is 0 Å². The molecule has 0 saturated carbocycles. The van der Waals surface area contributed by atoms with Crippen molar-refractivity contribution in [2.24, 2.45) is 0 Å². The normalized spacial score (nSPS) is 11.4. The molecule has 0 aliphatic rings. The molecule has 52 heavy (non-hydrogen) atoms. The van der Waals surface area contributed by atoms with E-state index in [4.69, 9.17) is 9.97 Å². The van der Waals surface area contributed by atoms with E-state index in [0.717, 1.165) is 71.7 Å². The second-order valence-corrected chi connectivity index (χ2v) is 12.7. The van der Waals surface area contributed by atoms with Crippen LogP contribution < -0.4 is 0 Å². The highest BCUT2D eigenvalue weighted by atomic mass is 15.0. The quantitative estimate of drug-likeness (QED) is 0.183. The number of pyridine rings is 2. The molecule has 0 bridgehead atoms. The fourth-order valence-corrected chi connectivity index (χ4v) is 7.45. The van der Waals surface area contributed by atoms with E-state index >= 15 is 0 Å². The molecule has 10 rings (SSSR count). The van der Waals surface area contributed by atoms with Gasteiger partial charge in [0.05, 0.1) is 57.2 Å². The van der Waals surface area contributed by atoms with Crippen LogP contribution in [-0.2, 0) is 0 Å². The highest BCUT2D eigenvalue weighted by Gasteiger charge is 2.23. The summed E-state index contributed by atoms with van der Waals surface area (Å²) in [4.78, 5) is 19.5. The van der Waals surface area contributed by atoms with Crippen LogP contribution in [0.5, 0.6) is 0 Å². The zero-order valence-electron chi connectivity index (χ0n) is 27.7. The van der Waals surface area contributed by atoms with Crippen LogP contribution in [0.1, 0.15) is 5.56 Å². The van der Waals surface area contributed by atoms with E-state index in [1.807, 2.05) is 116 Å². The van der Waals surface area contributed by atoms with Crippen LogP contribution in [0.3, 0.4) is 0 Å². The lowest BCUT2D eigenvalue weighted by atomic mass is 10.0. The molecule has 5 aromatic carbocycles. The van der Waals surface area contributed by atoms with Gasteiger partial charge in [0, 0.05) is 50.6 Å². The average Bonchev–Trinajstić information content (AvgIpc) is 3.74. The summed E-state index contributed by atoms with van der Waals surface area (Å²) in [6.07, 6.45) is 7.36. The van der Waals surface area contributed by atoms with Gasteiger partial charge in [0.2, 0.25) is 0 Å². The molecule has 10 aromatic rings. The Balaban J connectivity index is 1.36. The Hall–Kier alpha value is -7.43. The second kappa shape index (κ2) is 11.9. The molecule has 0 aliphatic carbocycles. The zero-order valence-corrected chi connectivity index (χ0v) is 27.7. The van der Waals surface area contributed by atoms with E-state index in [1.165, 1.54) is 0 Å². The minimum Gasteiger partial charge on any atom is -0.306 e. The van der Waals surface area contributed by atoms with Gasteiger partial charge in [-0.2, -0.15) is 5.26 Å². The first-order valence-corrected chi connectivity index (χ1v) is 17.0. The van der Waals surface area contributed by atoms with Crippen molar-refractivity contribution in [1.82, 2.24) is 29.1 Å². The van der Waals surface area contributed by atoms with Crippen LogP contribution >= 0.6 is 0 Å². The number of para-hydroxylation sites is 2. The number of aromatic nitrogens is 6. The fraction of sp³-hybridized carbons (Fsp3) is 0. The monoisotopic (exact) mass is 665 g/mol. The van der Waals surface area contributed by atoms with E-state index in [9.17, 15) is 5.26 Å². The molecule has 0 N–H and O–H groups in total. The third kappa shape index (κ3) is 4.59. The SMILES string of the molecule is N#Cc1c(-n2c3ccccc3c3ccncc32)cc(-c2nc(-c3ccccc3)cc(-c3ccccc3)n2)cc1-n1c2ccccc2c2ccncc21. The summed E-state index contributed by atoms with van der Waals surface area (Å²) in [7, 11) is 0. The number of rotatable bonds is 5. The summed E-state index contributed by atoms with van der Waals surface area (Å²) in [5.41, 5.74) is 10.0. The summed E-state index contributed by atoms with van der Waals surface area (Å²) in [5.74, 6) is 0.546. The lowest BCUT2D eigenvalue weighted by Gasteiger charge is -2.18. The zero-order chi connectivity index (χ0) is 34.6. The molecular formula is C45H27N7. The van der Waals surface area contributed by atoms with Crippen molar-refractivity contribution in [3.05, 3.63) is 170 Å². The molecule has 0 fully saturated rings. The van der Waals surface area contributed by atoms with Gasteiger partial charge in [-0.3, -0.25) is 9.97 Å². The minimum absolute atomic E-state index is 0.504. The molecule has 0 spiro atoms. The molecule has 242 valence electrons. The number of hydrogen-bond acceptors (Lipinski definition) is 5. The van der Waals surface area contributed by atoms with Gasteiger partial charge in [0.25, 0.3) is 0 Å². The van der Waals surface area contributed by atoms with E-state index in [0.29, 0.717) is 22.8 Å². The first-order chi connectivity index (χ1) is 25.8. The lowest BCUT2D eigenvalue weighted by Crippen LogP contribution is -2.06. The topological polar surface area (TPSA) is 85.2 Å². The van der Waals surface area contributed by atoms with Crippen LogP contribution in [-0.4, -0.2) is 29.1 Å². The highest BCUT2D eigenvalue weighted by Crippen LogP contribution is 2.40. The number of benzene rings is 5. The van der Waals surface area contributed by atoms with Gasteiger partial charge >= 0.3 is 0 Å². The third-order valence-electron chi connectivity index (χ3n) is 9.77. The summed E-state index contributed by atoms with van der Waals surface area (Å²) in [6, 6.07) is 49.7. The Morgan fingerprint density at radius 1 is 0.442 bits per heavy atom. The molecule has 0 radical (unpaired) electrons. The maximum absolute atomic E-state index is 11.2. The van der Waals surface area contributed by atoms with Crippen molar-refractivity contribution in [3.8, 4) is 51.3 Å². The van der Waals surface area contributed by atoms with Crippen molar-refractivity contribution < 1.29 is 0 Å². The van der Waals surface area contributed by atoms with E-state index < -0.39 is 0 Å². The van der Waals surface area contributed by atoms with E-state index in [1.54, 1.807) is 0 Å². The summed E-state index contributed by atoms with van der Waals surface area (Å²) in [6.45, 7) is 0. The Bertz CT molecular complexity index is 2730. The molecule has 0 saturated heterocycles. The largest absolute Gasteiger partial charge is 0.306 e. The predicted octanol–water partition coefficient (Wildman–Crippen LogP) is 10.3. The van der Waals surface area contributed by atoms with Crippen LogP contribution in [0.25, 0.3) is 88.9 Å². The van der Waals surface area contributed by atoms with Gasteiger partial charge in [-0.05, 0) is 42.5 Å². The van der Waals surface area contributed by atoms with Crippen LogP contribution in [0.2, 0.25) is 0 Å². The van der Waals surface area contributed by atoms with Crippen molar-refractivity contribution in [3.63, 3.8) is 0 Å². The van der Waals surface area contributed by atoms with Crippen LogP contribution in [0.15, 0.2) is 164 Å². The Morgan fingerprint density at radius 3 is 1.37 bits per heavy atom. The van der Waals surface area contributed by atoms with E-state index in [-0.39, 0.29) is 0 Å². The minimum atomic E-state index is 0.504. The Labute approximate surface area is 298 Å². The van der Waals surface area contributed by atoms with Crippen LogP contribution in [0.4, 0.5) is 0 Å². The molecule has 0 aliphatic heterocycles. The fourth-order valence-electron chi connectivity index (χ4n) is 7.45. The maximum atomic E-state index is 11.2. The average molecular weight is 666 g/mol. The molecule has 0 unspecified atom stereocenters. The molecule has 5 heterocycles. The van der Waals surface area contributed by atoms with Gasteiger partial charge in [0.15, 0.2) is 5.82 Å². The number of fused-ring (bicyclic) bond motifs is 6. The van der Waals surface area contributed by atoms with Gasteiger partial charge in [-0.1, -0.05) is 97.1 Å². The van der Waals surface area contributed by atoms with Crippen LogP contribution in [0, 0.1) is 11.3 Å². The van der Waals surface area contributed by atoms with Crippen molar-refractivity contribution in [2.45, 2.75) is 0 Å². The molecule has 7 nitrogen and oxygen atoms in total. The van der Waals surface area contributed by atoms with Gasteiger partial charge < -0.3 is 9.13 Å². The smallest absolute Gasteiger partial charge is 0.160 e.